The summed E-state index contributed by atoms with van der Waals surface area (Å²) in [5.41, 5.74) is 0.227. The number of H-pyrrole nitrogens is 1. The molecule has 2 rings (SSSR count). The highest BCUT2D eigenvalue weighted by molar-refractivity contribution is 9.10. The summed E-state index contributed by atoms with van der Waals surface area (Å²) >= 11 is 3.21. The van der Waals surface area contributed by atoms with Gasteiger partial charge in [0.2, 0.25) is 0 Å². The Labute approximate surface area is 105 Å². The Hall–Kier alpha value is -1.95. The summed E-state index contributed by atoms with van der Waals surface area (Å²) in [6.07, 6.45) is 4.51. The summed E-state index contributed by atoms with van der Waals surface area (Å²) in [6.45, 7) is 0. The maximum Gasteiger partial charge on any atom is 0.271 e. The lowest BCUT2D eigenvalue weighted by Gasteiger charge is -2.03. The topological polar surface area (TPSA) is 74.8 Å². The van der Waals surface area contributed by atoms with Crippen LogP contribution >= 0.6 is 15.9 Å². The van der Waals surface area contributed by atoms with Crippen LogP contribution in [0, 0.1) is 0 Å². The fraction of sp³-hybridized carbons (Fsp3) is 0. The minimum absolute atomic E-state index is 0.188. The van der Waals surface area contributed by atoms with Gasteiger partial charge in [0.05, 0.1) is 5.56 Å². The van der Waals surface area contributed by atoms with E-state index in [-0.39, 0.29) is 17.2 Å². The number of halogens is 1. The molecule has 0 aliphatic rings. The number of amides is 1. The van der Waals surface area contributed by atoms with Crippen molar-refractivity contribution in [2.45, 2.75) is 0 Å². The number of nitrogens with one attached hydrogen (secondary N) is 2. The average molecular weight is 294 g/mol. The highest BCUT2D eigenvalue weighted by Crippen LogP contribution is 2.11. The molecule has 2 heterocycles. The normalized spacial score (nSPS) is 9.94. The summed E-state index contributed by atoms with van der Waals surface area (Å²) in [5, 5.41) is 2.51. The van der Waals surface area contributed by atoms with E-state index in [2.05, 4.69) is 31.2 Å². The maximum absolute atomic E-state index is 11.8. The first-order chi connectivity index (χ1) is 8.16. The number of nitrogens with zero attached hydrogens (tertiary/aromatic N) is 1. The molecule has 0 aromatic carbocycles. The van der Waals surface area contributed by atoms with Crippen LogP contribution in [0.25, 0.3) is 0 Å². The molecule has 1 amide bonds. The zero-order valence-corrected chi connectivity index (χ0v) is 10.2. The molecule has 0 radical (unpaired) electrons. The van der Waals surface area contributed by atoms with E-state index in [0.717, 1.165) is 0 Å². The van der Waals surface area contributed by atoms with Crippen molar-refractivity contribution >= 4 is 27.5 Å². The molecule has 2 aromatic rings. The number of carbonyl (C=O) groups excluding carboxylic acids is 1. The number of pyridine rings is 2. The van der Waals surface area contributed by atoms with Crippen LogP contribution < -0.4 is 10.9 Å². The largest absolute Gasteiger partial charge is 0.326 e. The standard InChI is InChI=1S/C11H8BrN3O2/c12-8-4-9(11(17)14-6-8)15-10(16)7-2-1-3-13-5-7/h1-6H,(H,14,17)(H,15,16). The van der Waals surface area contributed by atoms with Crippen LogP contribution in [0.5, 0.6) is 0 Å². The number of anilines is 1. The lowest BCUT2D eigenvalue weighted by molar-refractivity contribution is 0.102. The maximum atomic E-state index is 11.8. The Morgan fingerprint density at radius 3 is 3.00 bits per heavy atom. The van der Waals surface area contributed by atoms with Crippen LogP contribution in [-0.2, 0) is 0 Å². The van der Waals surface area contributed by atoms with Gasteiger partial charge in [-0.3, -0.25) is 14.6 Å². The Kier molecular flexibility index (Phi) is 3.34. The van der Waals surface area contributed by atoms with Crippen LogP contribution in [-0.4, -0.2) is 15.9 Å². The van der Waals surface area contributed by atoms with Crippen molar-refractivity contribution in [3.63, 3.8) is 0 Å². The summed E-state index contributed by atoms with van der Waals surface area (Å²) < 4.78 is 0.679. The molecular formula is C11H8BrN3O2. The lowest BCUT2D eigenvalue weighted by atomic mass is 10.2. The van der Waals surface area contributed by atoms with E-state index in [4.69, 9.17) is 0 Å². The van der Waals surface area contributed by atoms with Gasteiger partial charge in [0.1, 0.15) is 5.69 Å². The molecular weight excluding hydrogens is 286 g/mol. The van der Waals surface area contributed by atoms with Crippen molar-refractivity contribution in [2.75, 3.05) is 5.32 Å². The van der Waals surface area contributed by atoms with E-state index >= 15 is 0 Å². The summed E-state index contributed by atoms with van der Waals surface area (Å²) in [5.74, 6) is -0.373. The Morgan fingerprint density at radius 1 is 1.47 bits per heavy atom. The van der Waals surface area contributed by atoms with E-state index in [9.17, 15) is 9.59 Å². The van der Waals surface area contributed by atoms with Crippen molar-refractivity contribution in [1.29, 1.82) is 0 Å². The number of aromatic nitrogens is 2. The predicted octanol–water partition coefficient (Wildman–Crippen LogP) is 1.78. The van der Waals surface area contributed by atoms with Gasteiger partial charge in [0, 0.05) is 23.1 Å². The first kappa shape index (κ1) is 11.5. The van der Waals surface area contributed by atoms with Gasteiger partial charge in [-0.1, -0.05) is 0 Å². The van der Waals surface area contributed by atoms with Crippen LogP contribution in [0.2, 0.25) is 0 Å². The van der Waals surface area contributed by atoms with Crippen molar-refractivity contribution < 1.29 is 4.79 Å². The number of aromatic amines is 1. The van der Waals surface area contributed by atoms with Crippen LogP contribution in [0.3, 0.4) is 0 Å². The second-order valence-electron chi connectivity index (χ2n) is 3.26. The first-order valence-corrected chi connectivity index (χ1v) is 5.56. The Balaban J connectivity index is 2.25. The molecule has 0 unspecified atom stereocenters. The van der Waals surface area contributed by atoms with Crippen molar-refractivity contribution in [1.82, 2.24) is 9.97 Å². The molecule has 0 spiro atoms. The van der Waals surface area contributed by atoms with Gasteiger partial charge in [-0.05, 0) is 34.1 Å². The van der Waals surface area contributed by atoms with Gasteiger partial charge in [-0.15, -0.1) is 0 Å². The van der Waals surface area contributed by atoms with Gasteiger partial charge >= 0.3 is 0 Å². The molecule has 0 saturated carbocycles. The van der Waals surface area contributed by atoms with Gasteiger partial charge in [-0.25, -0.2) is 0 Å². The Morgan fingerprint density at radius 2 is 2.29 bits per heavy atom. The lowest BCUT2D eigenvalue weighted by Crippen LogP contribution is -2.19. The molecule has 0 aliphatic carbocycles. The molecule has 0 bridgehead atoms. The number of hydrogen-bond donors (Lipinski definition) is 2. The minimum atomic E-state index is -0.373. The number of rotatable bonds is 2. The molecule has 0 saturated heterocycles. The van der Waals surface area contributed by atoms with E-state index in [1.54, 1.807) is 18.3 Å². The summed E-state index contributed by atoms with van der Waals surface area (Å²) in [7, 11) is 0. The monoisotopic (exact) mass is 293 g/mol. The zero-order valence-electron chi connectivity index (χ0n) is 8.61. The van der Waals surface area contributed by atoms with Crippen molar-refractivity contribution in [2.24, 2.45) is 0 Å². The fourth-order valence-corrected chi connectivity index (χ4v) is 1.59. The summed E-state index contributed by atoms with van der Waals surface area (Å²) in [6, 6.07) is 4.81. The van der Waals surface area contributed by atoms with Crippen LogP contribution in [0.1, 0.15) is 10.4 Å². The number of hydrogen-bond acceptors (Lipinski definition) is 3. The number of carbonyl (C=O) groups is 1. The van der Waals surface area contributed by atoms with Crippen molar-refractivity contribution in [3.8, 4) is 0 Å². The third-order valence-corrected chi connectivity index (χ3v) is 2.50. The SMILES string of the molecule is O=C(Nc1cc(Br)c[nH]c1=O)c1cccnc1. The van der Waals surface area contributed by atoms with Crippen LogP contribution in [0.4, 0.5) is 5.69 Å². The molecule has 17 heavy (non-hydrogen) atoms. The second-order valence-corrected chi connectivity index (χ2v) is 4.17. The molecule has 86 valence electrons. The minimum Gasteiger partial charge on any atom is -0.326 e. The summed E-state index contributed by atoms with van der Waals surface area (Å²) in [4.78, 5) is 29.5. The second kappa shape index (κ2) is 4.92. The quantitative estimate of drug-likeness (QED) is 0.886. The van der Waals surface area contributed by atoms with E-state index < -0.39 is 0 Å². The third-order valence-electron chi connectivity index (χ3n) is 2.04. The highest BCUT2D eigenvalue weighted by atomic mass is 79.9. The molecule has 5 nitrogen and oxygen atoms in total. The Bertz CT molecular complexity index is 595. The van der Waals surface area contributed by atoms with E-state index in [0.29, 0.717) is 10.0 Å². The zero-order chi connectivity index (χ0) is 12.3. The average Bonchev–Trinajstić information content (AvgIpc) is 2.35. The van der Waals surface area contributed by atoms with Gasteiger partial charge in [-0.2, -0.15) is 0 Å². The molecule has 0 atom stereocenters. The molecule has 0 aliphatic heterocycles. The van der Waals surface area contributed by atoms with E-state index in [1.165, 1.54) is 18.5 Å². The highest BCUT2D eigenvalue weighted by Gasteiger charge is 2.08. The molecule has 2 aromatic heterocycles. The van der Waals surface area contributed by atoms with Crippen LogP contribution in [0.15, 0.2) is 46.1 Å². The van der Waals surface area contributed by atoms with E-state index in [1.807, 2.05) is 0 Å². The molecule has 0 fully saturated rings. The molecule has 6 heteroatoms. The van der Waals surface area contributed by atoms with Crippen molar-refractivity contribution in [3.05, 3.63) is 57.2 Å². The van der Waals surface area contributed by atoms with Gasteiger partial charge in [0.15, 0.2) is 0 Å². The molecule has 2 N–H and O–H groups in total. The smallest absolute Gasteiger partial charge is 0.271 e. The fourth-order valence-electron chi connectivity index (χ4n) is 1.24. The first-order valence-electron chi connectivity index (χ1n) is 4.76. The third kappa shape index (κ3) is 2.79. The van der Waals surface area contributed by atoms with Gasteiger partial charge < -0.3 is 10.3 Å². The van der Waals surface area contributed by atoms with Gasteiger partial charge in [0.25, 0.3) is 11.5 Å². The predicted molar refractivity (Wildman–Crippen MR) is 67.0 cm³/mol.